The molecule has 2 heterocycles. The molecule has 0 aromatic heterocycles. The molecule has 0 saturated carbocycles. The van der Waals surface area contributed by atoms with Crippen LogP contribution < -0.4 is 0 Å². The maximum atomic E-state index is 9.26. The molecule has 1 aromatic carbocycles. The van der Waals surface area contributed by atoms with Crippen LogP contribution >= 0.6 is 0 Å². The van der Waals surface area contributed by atoms with E-state index in [0.29, 0.717) is 6.61 Å². The molecule has 0 spiro atoms. The molecule has 0 N–H and O–H groups in total. The Labute approximate surface area is 102 Å². The molecule has 2 saturated heterocycles. The Morgan fingerprint density at radius 1 is 1.24 bits per heavy atom. The fourth-order valence-electron chi connectivity index (χ4n) is 2.94. The first-order valence-electron chi connectivity index (χ1n) is 6.24. The molecule has 0 aliphatic carbocycles. The van der Waals surface area contributed by atoms with E-state index in [4.69, 9.17) is 4.74 Å². The molecule has 88 valence electrons. The average molecular weight is 228 g/mol. The summed E-state index contributed by atoms with van der Waals surface area (Å²) in [4.78, 5) is 2.26. The van der Waals surface area contributed by atoms with Gasteiger partial charge in [-0.25, -0.2) is 0 Å². The minimum Gasteiger partial charge on any atom is -0.361 e. The van der Waals surface area contributed by atoms with Crippen molar-refractivity contribution in [3.8, 4) is 6.07 Å². The highest BCUT2D eigenvalue weighted by Crippen LogP contribution is 2.38. The molecule has 3 heteroatoms. The fraction of sp³-hybridized carbons (Fsp3) is 0.500. The molecule has 17 heavy (non-hydrogen) atoms. The second kappa shape index (κ2) is 4.48. The smallest absolute Gasteiger partial charge is 0.112 e. The summed E-state index contributed by atoms with van der Waals surface area (Å²) in [6.07, 6.45) is 3.28. The second-order valence-corrected chi connectivity index (χ2v) is 4.74. The first-order chi connectivity index (χ1) is 8.40. The van der Waals surface area contributed by atoms with Gasteiger partial charge >= 0.3 is 0 Å². The predicted octanol–water partition coefficient (Wildman–Crippen LogP) is 2.46. The number of hydrogen-bond acceptors (Lipinski definition) is 3. The standard InChI is InChI=1S/C14H16N2O/c15-9-12-7-4-8-14-16(12)13(10-17-14)11-5-2-1-3-6-11/h1-3,5-6,12-14H,4,7-8,10H2/t12-,13-,14+/m0/s1. The van der Waals surface area contributed by atoms with Crippen LogP contribution in [0.5, 0.6) is 0 Å². The SMILES string of the molecule is N#C[C@@H]1CCC[C@H]2OC[C@@H](c3ccccc3)N12. The number of hydrogen-bond donors (Lipinski definition) is 0. The minimum atomic E-state index is 0.0152. The topological polar surface area (TPSA) is 36.3 Å². The van der Waals surface area contributed by atoms with Crippen molar-refractivity contribution in [2.24, 2.45) is 0 Å². The van der Waals surface area contributed by atoms with E-state index in [9.17, 15) is 5.26 Å². The average Bonchev–Trinajstić information content (AvgIpc) is 2.83. The van der Waals surface area contributed by atoms with E-state index in [0.717, 1.165) is 19.3 Å². The molecule has 1 aromatic rings. The first kappa shape index (κ1) is 10.8. The van der Waals surface area contributed by atoms with Gasteiger partial charge in [-0.3, -0.25) is 4.90 Å². The lowest BCUT2D eigenvalue weighted by Gasteiger charge is -2.35. The van der Waals surface area contributed by atoms with Crippen LogP contribution in [0.3, 0.4) is 0 Å². The molecule has 3 atom stereocenters. The molecule has 3 rings (SSSR count). The third-order valence-corrected chi connectivity index (χ3v) is 3.76. The van der Waals surface area contributed by atoms with E-state index in [1.807, 2.05) is 18.2 Å². The summed E-state index contributed by atoms with van der Waals surface area (Å²) < 4.78 is 5.83. The van der Waals surface area contributed by atoms with Gasteiger partial charge in [-0.2, -0.15) is 5.26 Å². The van der Waals surface area contributed by atoms with Gasteiger partial charge < -0.3 is 4.74 Å². The highest BCUT2D eigenvalue weighted by atomic mass is 16.5. The zero-order valence-corrected chi connectivity index (χ0v) is 9.75. The predicted molar refractivity (Wildman–Crippen MR) is 64.0 cm³/mol. The maximum absolute atomic E-state index is 9.26. The van der Waals surface area contributed by atoms with Crippen molar-refractivity contribution in [1.29, 1.82) is 5.26 Å². The van der Waals surface area contributed by atoms with Crippen molar-refractivity contribution in [1.82, 2.24) is 4.90 Å². The lowest BCUT2D eigenvalue weighted by Crippen LogP contribution is -2.43. The second-order valence-electron chi connectivity index (χ2n) is 4.74. The summed E-state index contributed by atoms with van der Waals surface area (Å²) in [5.74, 6) is 0. The van der Waals surface area contributed by atoms with Crippen molar-refractivity contribution in [2.45, 2.75) is 37.6 Å². The zero-order chi connectivity index (χ0) is 11.7. The quantitative estimate of drug-likeness (QED) is 0.740. The van der Waals surface area contributed by atoms with Crippen LogP contribution in [0.1, 0.15) is 30.9 Å². The Morgan fingerprint density at radius 3 is 2.82 bits per heavy atom. The number of nitrogens with zero attached hydrogens (tertiary/aromatic N) is 2. The van der Waals surface area contributed by atoms with Gasteiger partial charge in [0.15, 0.2) is 0 Å². The van der Waals surface area contributed by atoms with E-state index in [1.54, 1.807) is 0 Å². The minimum absolute atomic E-state index is 0.0152. The van der Waals surface area contributed by atoms with Gasteiger partial charge in [0, 0.05) is 0 Å². The summed E-state index contributed by atoms with van der Waals surface area (Å²) >= 11 is 0. The summed E-state index contributed by atoms with van der Waals surface area (Å²) in [6.45, 7) is 0.715. The van der Waals surface area contributed by atoms with Gasteiger partial charge in [-0.15, -0.1) is 0 Å². The zero-order valence-electron chi connectivity index (χ0n) is 9.75. The lowest BCUT2D eigenvalue weighted by atomic mass is 9.98. The van der Waals surface area contributed by atoms with Gasteiger partial charge in [0.1, 0.15) is 12.3 Å². The molecule has 2 fully saturated rings. The van der Waals surface area contributed by atoms with Crippen LogP contribution in [0.4, 0.5) is 0 Å². The molecule has 0 unspecified atom stereocenters. The van der Waals surface area contributed by atoms with Crippen LogP contribution in [-0.2, 0) is 4.74 Å². The number of ether oxygens (including phenoxy) is 1. The van der Waals surface area contributed by atoms with Crippen LogP contribution in [0.15, 0.2) is 30.3 Å². The van der Waals surface area contributed by atoms with Crippen molar-refractivity contribution >= 4 is 0 Å². The summed E-state index contributed by atoms with van der Waals surface area (Å²) in [7, 11) is 0. The molecular weight excluding hydrogens is 212 g/mol. The monoisotopic (exact) mass is 228 g/mol. The molecule has 0 bridgehead atoms. The molecule has 3 nitrogen and oxygen atoms in total. The van der Waals surface area contributed by atoms with Crippen molar-refractivity contribution < 1.29 is 4.74 Å². The van der Waals surface area contributed by atoms with Crippen LogP contribution in [0, 0.1) is 11.3 Å². The number of piperidine rings is 1. The van der Waals surface area contributed by atoms with Gasteiger partial charge in [0.05, 0.1) is 18.7 Å². The Kier molecular flexibility index (Phi) is 2.84. The molecular formula is C14H16N2O. The normalized spacial score (nSPS) is 33.0. The fourth-order valence-corrected chi connectivity index (χ4v) is 2.94. The maximum Gasteiger partial charge on any atom is 0.112 e. The van der Waals surface area contributed by atoms with Gasteiger partial charge in [0.25, 0.3) is 0 Å². The summed E-state index contributed by atoms with van der Waals surface area (Å²) in [6, 6.07) is 13.1. The van der Waals surface area contributed by atoms with E-state index >= 15 is 0 Å². The number of fused-ring (bicyclic) bond motifs is 1. The Morgan fingerprint density at radius 2 is 2.06 bits per heavy atom. The third-order valence-electron chi connectivity index (χ3n) is 3.76. The Balaban J connectivity index is 1.89. The first-order valence-corrected chi connectivity index (χ1v) is 6.24. The number of nitriles is 1. The Hall–Kier alpha value is -1.37. The van der Waals surface area contributed by atoms with Crippen molar-refractivity contribution in [2.75, 3.05) is 6.61 Å². The molecule has 2 aliphatic heterocycles. The van der Waals surface area contributed by atoms with Crippen molar-refractivity contribution in [3.05, 3.63) is 35.9 Å². The summed E-state index contributed by atoms with van der Waals surface area (Å²) in [5, 5.41) is 9.26. The van der Waals surface area contributed by atoms with Crippen molar-refractivity contribution in [3.63, 3.8) is 0 Å². The van der Waals surface area contributed by atoms with Gasteiger partial charge in [-0.05, 0) is 24.8 Å². The lowest BCUT2D eigenvalue weighted by molar-refractivity contribution is -0.0121. The number of rotatable bonds is 1. The van der Waals surface area contributed by atoms with Crippen LogP contribution in [-0.4, -0.2) is 23.8 Å². The van der Waals surface area contributed by atoms with E-state index in [-0.39, 0.29) is 18.3 Å². The van der Waals surface area contributed by atoms with E-state index in [2.05, 4.69) is 23.1 Å². The Bertz CT molecular complexity index is 426. The highest BCUT2D eigenvalue weighted by molar-refractivity contribution is 5.21. The van der Waals surface area contributed by atoms with Gasteiger partial charge in [-0.1, -0.05) is 30.3 Å². The van der Waals surface area contributed by atoms with E-state index < -0.39 is 0 Å². The van der Waals surface area contributed by atoms with Gasteiger partial charge in [0.2, 0.25) is 0 Å². The van der Waals surface area contributed by atoms with Crippen LogP contribution in [0.2, 0.25) is 0 Å². The molecule has 0 amide bonds. The molecule has 0 radical (unpaired) electrons. The third kappa shape index (κ3) is 1.84. The van der Waals surface area contributed by atoms with Crippen LogP contribution in [0.25, 0.3) is 0 Å². The number of benzene rings is 1. The highest BCUT2D eigenvalue weighted by Gasteiger charge is 2.42. The molecule has 2 aliphatic rings. The van der Waals surface area contributed by atoms with E-state index in [1.165, 1.54) is 5.56 Å². The largest absolute Gasteiger partial charge is 0.361 e. The summed E-state index contributed by atoms with van der Waals surface area (Å²) in [5.41, 5.74) is 1.26.